The molecule has 1 atom stereocenters. The van der Waals surface area contributed by atoms with Crippen molar-refractivity contribution in [2.75, 3.05) is 11.9 Å². The van der Waals surface area contributed by atoms with E-state index >= 15 is 0 Å². The van der Waals surface area contributed by atoms with Crippen molar-refractivity contribution in [1.82, 2.24) is 19.4 Å². The number of nitrogens with one attached hydrogen (secondary N) is 1. The van der Waals surface area contributed by atoms with Gasteiger partial charge in [-0.25, -0.2) is 4.98 Å². The highest BCUT2D eigenvalue weighted by Crippen LogP contribution is 2.43. The maximum atomic E-state index is 9.86. The van der Waals surface area contributed by atoms with Gasteiger partial charge < -0.3 is 15.4 Å². The summed E-state index contributed by atoms with van der Waals surface area (Å²) in [6.07, 6.45) is 3.60. The molecule has 0 radical (unpaired) electrons. The lowest BCUT2D eigenvalue weighted by Gasteiger charge is -2.29. The molecule has 1 saturated heterocycles. The zero-order chi connectivity index (χ0) is 23.2. The topological polar surface area (TPSA) is 86.4 Å². The predicted molar refractivity (Wildman–Crippen MR) is 134 cm³/mol. The molecule has 3 N–H and O–H groups in total. The Kier molecular flexibility index (Phi) is 5.36. The van der Waals surface area contributed by atoms with Crippen LogP contribution in [-0.4, -0.2) is 43.1 Å². The molecule has 6 rings (SSSR count). The van der Waals surface area contributed by atoms with Crippen molar-refractivity contribution >= 4 is 29.3 Å². The number of anilines is 1. The van der Waals surface area contributed by atoms with Crippen LogP contribution < -0.4 is 10.8 Å². The van der Waals surface area contributed by atoms with Gasteiger partial charge in [0.2, 0.25) is 5.95 Å². The van der Waals surface area contributed by atoms with E-state index in [-0.39, 0.29) is 0 Å². The number of rotatable bonds is 5. The molecule has 7 nitrogen and oxygen atoms in total. The summed E-state index contributed by atoms with van der Waals surface area (Å²) >= 11 is 0. The number of piperidine rings is 1. The van der Waals surface area contributed by atoms with Crippen molar-refractivity contribution < 1.29 is 10.0 Å². The minimum atomic E-state index is -1.53. The Hall–Kier alpha value is -3.20. The number of benzene rings is 2. The first-order chi connectivity index (χ1) is 16.6. The van der Waals surface area contributed by atoms with Crippen LogP contribution in [0.15, 0.2) is 54.6 Å². The third-order valence-electron chi connectivity index (χ3n) is 7.16. The molecule has 2 aromatic heterocycles. The van der Waals surface area contributed by atoms with Gasteiger partial charge in [-0.15, -0.1) is 0 Å². The Labute approximate surface area is 199 Å². The van der Waals surface area contributed by atoms with Gasteiger partial charge in [-0.3, -0.25) is 9.47 Å². The molecule has 0 aliphatic carbocycles. The number of hydrogen-bond donors (Lipinski definition) is 3. The van der Waals surface area contributed by atoms with Crippen LogP contribution in [0.25, 0.3) is 16.9 Å². The summed E-state index contributed by atoms with van der Waals surface area (Å²) in [6.45, 7) is 4.64. The van der Waals surface area contributed by atoms with Crippen molar-refractivity contribution in [2.45, 2.75) is 45.3 Å². The van der Waals surface area contributed by atoms with Crippen molar-refractivity contribution in [1.29, 1.82) is 0 Å². The highest BCUT2D eigenvalue weighted by atomic mass is 16.4. The normalized spacial score (nSPS) is 17.6. The molecule has 0 saturated carbocycles. The molecule has 34 heavy (non-hydrogen) atoms. The Morgan fingerprint density at radius 2 is 1.91 bits per heavy atom. The molecule has 172 valence electrons. The number of aryl methyl sites for hydroxylation is 1. The third-order valence-corrected chi connectivity index (χ3v) is 7.16. The first-order valence-electron chi connectivity index (χ1n) is 12.0. The van der Waals surface area contributed by atoms with Crippen LogP contribution in [0.5, 0.6) is 0 Å². The summed E-state index contributed by atoms with van der Waals surface area (Å²) in [5, 5.41) is 24.1. The van der Waals surface area contributed by atoms with E-state index in [1.54, 1.807) is 6.07 Å². The zero-order valence-electron chi connectivity index (χ0n) is 19.3. The van der Waals surface area contributed by atoms with E-state index in [9.17, 15) is 10.0 Å². The van der Waals surface area contributed by atoms with Crippen LogP contribution in [0, 0.1) is 6.92 Å². The average molecular weight is 453 g/mol. The summed E-state index contributed by atoms with van der Waals surface area (Å²) in [5.41, 5.74) is 5.84. The quantitative estimate of drug-likeness (QED) is 0.403. The van der Waals surface area contributed by atoms with Crippen molar-refractivity contribution in [3.8, 4) is 5.95 Å². The fourth-order valence-electron chi connectivity index (χ4n) is 5.57. The molecule has 0 spiro atoms. The summed E-state index contributed by atoms with van der Waals surface area (Å²) in [5.74, 6) is 1.52. The molecule has 8 heteroatoms. The summed E-state index contributed by atoms with van der Waals surface area (Å²) in [6, 6.07) is 18.3. The van der Waals surface area contributed by atoms with Gasteiger partial charge in [-0.1, -0.05) is 48.9 Å². The lowest BCUT2D eigenvalue weighted by Crippen LogP contribution is -2.30. The van der Waals surface area contributed by atoms with Crippen molar-refractivity contribution in [3.63, 3.8) is 0 Å². The largest absolute Gasteiger partial charge is 0.489 e. The minimum Gasteiger partial charge on any atom is -0.423 e. The lowest BCUT2D eigenvalue weighted by molar-refractivity contribution is 0.164. The maximum absolute atomic E-state index is 9.86. The highest BCUT2D eigenvalue weighted by molar-refractivity contribution is 6.61. The second-order valence-electron chi connectivity index (χ2n) is 9.33. The molecule has 1 unspecified atom stereocenters. The average Bonchev–Trinajstić information content (AvgIpc) is 3.39. The van der Waals surface area contributed by atoms with Crippen molar-refractivity contribution in [2.24, 2.45) is 0 Å². The molecule has 4 aromatic rings. The van der Waals surface area contributed by atoms with Crippen molar-refractivity contribution in [3.05, 3.63) is 77.1 Å². The van der Waals surface area contributed by atoms with E-state index in [2.05, 4.69) is 34.5 Å². The molecular formula is C26H28BN5O2. The molecule has 2 aliphatic heterocycles. The van der Waals surface area contributed by atoms with Gasteiger partial charge in [0.25, 0.3) is 0 Å². The number of nitrogens with zero attached hydrogens (tertiary/aromatic N) is 4. The van der Waals surface area contributed by atoms with E-state index in [1.807, 2.05) is 35.8 Å². The molecule has 4 heterocycles. The number of aromatic nitrogens is 3. The van der Waals surface area contributed by atoms with Crippen LogP contribution in [0.2, 0.25) is 0 Å². The smallest absolute Gasteiger partial charge is 0.423 e. The summed E-state index contributed by atoms with van der Waals surface area (Å²) < 4.78 is 2.02. The van der Waals surface area contributed by atoms with Gasteiger partial charge in [0, 0.05) is 35.8 Å². The number of hydrogen-bond acceptors (Lipinski definition) is 6. The monoisotopic (exact) mass is 453 g/mol. The van der Waals surface area contributed by atoms with Crippen LogP contribution in [0.4, 0.5) is 5.82 Å². The second-order valence-corrected chi connectivity index (χ2v) is 9.33. The summed E-state index contributed by atoms with van der Waals surface area (Å²) in [4.78, 5) is 12.7. The van der Waals surface area contributed by atoms with E-state index < -0.39 is 7.12 Å². The van der Waals surface area contributed by atoms with Gasteiger partial charge >= 0.3 is 7.12 Å². The lowest BCUT2D eigenvalue weighted by atomic mass is 9.78. The molecule has 1 fully saturated rings. The Bertz CT molecular complexity index is 1350. The van der Waals surface area contributed by atoms with Gasteiger partial charge in [-0.2, -0.15) is 4.98 Å². The maximum Gasteiger partial charge on any atom is 0.489 e. The molecule has 0 amide bonds. The zero-order valence-corrected chi connectivity index (χ0v) is 19.3. The second kappa shape index (κ2) is 8.54. The van der Waals surface area contributed by atoms with Crippen LogP contribution in [0.3, 0.4) is 0 Å². The molecule has 0 bridgehead atoms. The van der Waals surface area contributed by atoms with E-state index in [0.717, 1.165) is 47.6 Å². The van der Waals surface area contributed by atoms with Gasteiger partial charge in [0.05, 0.1) is 11.2 Å². The fraction of sp³-hybridized carbons (Fsp3) is 0.308. The highest BCUT2D eigenvalue weighted by Gasteiger charge is 2.36. The minimum absolute atomic E-state index is 0.370. The Morgan fingerprint density at radius 3 is 2.74 bits per heavy atom. The first-order valence-corrected chi connectivity index (χ1v) is 12.0. The Morgan fingerprint density at radius 1 is 1.06 bits per heavy atom. The Balaban J connectivity index is 1.48. The van der Waals surface area contributed by atoms with E-state index in [0.29, 0.717) is 24.0 Å². The molecule has 2 aromatic carbocycles. The van der Waals surface area contributed by atoms with Gasteiger partial charge in [-0.05, 0) is 49.5 Å². The van der Waals surface area contributed by atoms with Crippen LogP contribution in [0.1, 0.15) is 47.8 Å². The summed E-state index contributed by atoms with van der Waals surface area (Å²) in [7, 11) is -1.53. The van der Waals surface area contributed by atoms with Crippen LogP contribution in [-0.2, 0) is 13.1 Å². The SMILES string of the molecule is Cc1cc2c(B(O)O)cccc2n1-c1nc2c(c(NCc3ccccc3)n1)C1CCCCN1C2. The standard InChI is InChI=1S/C26H28BN5O2/c1-17-14-19-20(27(33)34)10-7-12-22(19)32(17)26-29-21-16-31-13-6-5-11-23(31)24(21)25(30-26)28-15-18-8-3-2-4-9-18/h2-4,7-10,12,14,23,33-34H,5-6,11,13,15-16H2,1H3,(H,28,29,30). The van der Waals surface area contributed by atoms with Gasteiger partial charge in [0.1, 0.15) is 5.82 Å². The van der Waals surface area contributed by atoms with Crippen LogP contribution >= 0.6 is 0 Å². The number of fused-ring (bicyclic) bond motifs is 4. The third kappa shape index (κ3) is 3.59. The molecule has 2 aliphatic rings. The van der Waals surface area contributed by atoms with E-state index in [4.69, 9.17) is 9.97 Å². The molecular weight excluding hydrogens is 425 g/mol. The van der Waals surface area contributed by atoms with Gasteiger partial charge in [0.15, 0.2) is 0 Å². The first kappa shape index (κ1) is 21.3. The fourth-order valence-corrected chi connectivity index (χ4v) is 5.57. The van der Waals surface area contributed by atoms with E-state index in [1.165, 1.54) is 24.0 Å². The predicted octanol–water partition coefficient (Wildman–Crippen LogP) is 3.06.